The van der Waals surface area contributed by atoms with E-state index in [2.05, 4.69) is 19.9 Å². The maximum atomic E-state index is 12.3. The van der Waals surface area contributed by atoms with Gasteiger partial charge < -0.3 is 0 Å². The average molecular weight is 272 g/mol. The van der Waals surface area contributed by atoms with Gasteiger partial charge in [0.25, 0.3) is 0 Å². The molecule has 0 aromatic heterocycles. The molecule has 110 valence electrons. The number of fused-ring (bicyclic) bond motifs is 5. The van der Waals surface area contributed by atoms with Crippen molar-refractivity contribution in [2.24, 2.45) is 35.0 Å². The summed E-state index contributed by atoms with van der Waals surface area (Å²) in [4.78, 5) is 12.3. The van der Waals surface area contributed by atoms with Gasteiger partial charge >= 0.3 is 0 Å². The second-order valence-electron chi connectivity index (χ2n) is 8.29. The third-order valence-corrected chi connectivity index (χ3v) is 7.39. The molecule has 5 unspecified atom stereocenters. The third-order valence-electron chi connectivity index (χ3n) is 7.39. The molecule has 4 rings (SSSR count). The minimum atomic E-state index is 0.0599. The lowest BCUT2D eigenvalue weighted by Crippen LogP contribution is -2.46. The molecular weight excluding hydrogens is 244 g/mol. The van der Waals surface area contributed by atoms with Gasteiger partial charge in [-0.1, -0.05) is 25.5 Å². The molecule has 4 aliphatic rings. The Hall–Kier alpha value is -0.590. The standard InChI is InChI=1S/C19H28O/c1-12-3-5-14-13(11-12)4-6-16-15(14)9-10-19(2)17(16)7-8-18(19)20/h11-12,14-17H,3-10H2,1-2H3/t12?,14?,15?,16?,17?,19-/m1/s1. The van der Waals surface area contributed by atoms with Crippen LogP contribution in [0.3, 0.4) is 0 Å². The Bertz CT molecular complexity index is 462. The zero-order chi connectivity index (χ0) is 13.9. The SMILES string of the molecule is CC1C=C2CCC3C(CC[C@@]4(C)C(=O)CCC34)C2CC1. The van der Waals surface area contributed by atoms with Crippen LogP contribution >= 0.6 is 0 Å². The zero-order valence-corrected chi connectivity index (χ0v) is 13.0. The summed E-state index contributed by atoms with van der Waals surface area (Å²) in [6.45, 7) is 4.67. The van der Waals surface area contributed by atoms with Crippen LogP contribution in [0.4, 0.5) is 0 Å². The molecule has 0 amide bonds. The molecule has 0 N–H and O–H groups in total. The van der Waals surface area contributed by atoms with Crippen molar-refractivity contribution < 1.29 is 4.79 Å². The van der Waals surface area contributed by atoms with Gasteiger partial charge in [0.05, 0.1) is 0 Å². The summed E-state index contributed by atoms with van der Waals surface area (Å²) in [6, 6.07) is 0. The number of carbonyl (C=O) groups excluding carboxylic acids is 1. The summed E-state index contributed by atoms with van der Waals surface area (Å²) in [6.07, 6.45) is 12.7. The Morgan fingerprint density at radius 2 is 1.90 bits per heavy atom. The largest absolute Gasteiger partial charge is 0.299 e. The maximum absolute atomic E-state index is 12.3. The van der Waals surface area contributed by atoms with E-state index < -0.39 is 0 Å². The van der Waals surface area contributed by atoms with Gasteiger partial charge in [0.2, 0.25) is 0 Å². The van der Waals surface area contributed by atoms with Crippen LogP contribution in [-0.2, 0) is 4.79 Å². The molecule has 0 aromatic carbocycles. The molecule has 0 radical (unpaired) electrons. The zero-order valence-electron chi connectivity index (χ0n) is 13.0. The molecule has 4 aliphatic carbocycles. The van der Waals surface area contributed by atoms with Crippen LogP contribution in [-0.4, -0.2) is 5.78 Å². The van der Waals surface area contributed by atoms with Crippen molar-refractivity contribution in [2.75, 3.05) is 0 Å². The monoisotopic (exact) mass is 272 g/mol. The van der Waals surface area contributed by atoms with Crippen LogP contribution < -0.4 is 0 Å². The van der Waals surface area contributed by atoms with Crippen molar-refractivity contribution in [3.8, 4) is 0 Å². The molecule has 3 fully saturated rings. The van der Waals surface area contributed by atoms with E-state index in [1.807, 2.05) is 0 Å². The molecule has 20 heavy (non-hydrogen) atoms. The molecule has 0 aliphatic heterocycles. The summed E-state index contributed by atoms with van der Waals surface area (Å²) in [5, 5.41) is 0. The molecule has 1 nitrogen and oxygen atoms in total. The van der Waals surface area contributed by atoms with Gasteiger partial charge in [-0.15, -0.1) is 0 Å². The van der Waals surface area contributed by atoms with Gasteiger partial charge in [0, 0.05) is 11.8 Å². The van der Waals surface area contributed by atoms with E-state index in [4.69, 9.17) is 0 Å². The molecular formula is C19H28O. The molecule has 1 heteroatoms. The number of Topliss-reactive ketones (excluding diaryl/α,β-unsaturated/α-hetero) is 1. The van der Waals surface area contributed by atoms with Crippen LogP contribution in [0, 0.1) is 35.0 Å². The summed E-state index contributed by atoms with van der Waals surface area (Å²) in [5.74, 6) is 4.75. The lowest BCUT2D eigenvalue weighted by Gasteiger charge is -2.52. The van der Waals surface area contributed by atoms with E-state index in [0.717, 1.165) is 36.0 Å². The molecule has 0 spiro atoms. The summed E-state index contributed by atoms with van der Waals surface area (Å²) < 4.78 is 0. The predicted molar refractivity (Wildman–Crippen MR) is 81.3 cm³/mol. The highest BCUT2D eigenvalue weighted by Gasteiger charge is 2.55. The fraction of sp³-hybridized carbons (Fsp3) is 0.842. The smallest absolute Gasteiger partial charge is 0.139 e. The second kappa shape index (κ2) is 4.45. The topological polar surface area (TPSA) is 17.1 Å². The number of allylic oxidation sites excluding steroid dienone is 2. The molecule has 0 saturated heterocycles. The van der Waals surface area contributed by atoms with Crippen LogP contribution in [0.5, 0.6) is 0 Å². The van der Waals surface area contributed by atoms with Crippen molar-refractivity contribution >= 4 is 5.78 Å². The van der Waals surface area contributed by atoms with E-state index in [-0.39, 0.29) is 5.41 Å². The Balaban J connectivity index is 1.63. The first-order valence-electron chi connectivity index (χ1n) is 8.83. The average Bonchev–Trinajstić information content (AvgIpc) is 2.74. The van der Waals surface area contributed by atoms with Crippen LogP contribution in [0.25, 0.3) is 0 Å². The minimum absolute atomic E-state index is 0.0599. The Morgan fingerprint density at radius 1 is 1.05 bits per heavy atom. The molecule has 0 aromatic rings. The first-order chi connectivity index (χ1) is 9.59. The van der Waals surface area contributed by atoms with Crippen LogP contribution in [0.2, 0.25) is 0 Å². The van der Waals surface area contributed by atoms with Crippen molar-refractivity contribution in [1.82, 2.24) is 0 Å². The first kappa shape index (κ1) is 13.1. The first-order valence-corrected chi connectivity index (χ1v) is 8.83. The van der Waals surface area contributed by atoms with E-state index in [1.165, 1.54) is 44.9 Å². The Morgan fingerprint density at radius 3 is 2.75 bits per heavy atom. The van der Waals surface area contributed by atoms with Gasteiger partial charge in [-0.25, -0.2) is 0 Å². The molecule has 3 saturated carbocycles. The number of carbonyl (C=O) groups is 1. The Labute approximate surface area is 123 Å². The fourth-order valence-corrected chi connectivity index (χ4v) is 6.29. The van der Waals surface area contributed by atoms with Gasteiger partial charge in [0.15, 0.2) is 0 Å². The lowest BCUT2D eigenvalue weighted by atomic mass is 9.52. The normalized spacial score (nSPS) is 51.0. The number of ketones is 1. The highest BCUT2D eigenvalue weighted by molar-refractivity contribution is 5.87. The van der Waals surface area contributed by atoms with Gasteiger partial charge in [-0.3, -0.25) is 4.79 Å². The molecule has 0 heterocycles. The quantitative estimate of drug-likeness (QED) is 0.581. The lowest BCUT2D eigenvalue weighted by molar-refractivity contribution is -0.131. The predicted octanol–water partition coefficient (Wildman–Crippen LogP) is 4.76. The third kappa shape index (κ3) is 1.71. The van der Waals surface area contributed by atoms with Gasteiger partial charge in [-0.05, 0) is 74.5 Å². The fourth-order valence-electron chi connectivity index (χ4n) is 6.29. The highest BCUT2D eigenvalue weighted by Crippen LogP contribution is 2.60. The van der Waals surface area contributed by atoms with Crippen LogP contribution in [0.1, 0.15) is 65.2 Å². The van der Waals surface area contributed by atoms with Crippen LogP contribution in [0.15, 0.2) is 11.6 Å². The van der Waals surface area contributed by atoms with Gasteiger partial charge in [0.1, 0.15) is 5.78 Å². The van der Waals surface area contributed by atoms with E-state index in [9.17, 15) is 4.79 Å². The highest BCUT2D eigenvalue weighted by atomic mass is 16.1. The Kier molecular flexibility index (Phi) is 2.91. The summed E-state index contributed by atoms with van der Waals surface area (Å²) >= 11 is 0. The van der Waals surface area contributed by atoms with E-state index in [0.29, 0.717) is 5.78 Å². The van der Waals surface area contributed by atoms with Crippen molar-refractivity contribution in [3.05, 3.63) is 11.6 Å². The van der Waals surface area contributed by atoms with Crippen molar-refractivity contribution in [3.63, 3.8) is 0 Å². The second-order valence-corrected chi connectivity index (χ2v) is 8.29. The van der Waals surface area contributed by atoms with E-state index >= 15 is 0 Å². The maximum Gasteiger partial charge on any atom is 0.139 e. The number of hydrogen-bond donors (Lipinski definition) is 0. The molecule has 0 bridgehead atoms. The summed E-state index contributed by atoms with van der Waals surface area (Å²) in [5.41, 5.74) is 1.85. The van der Waals surface area contributed by atoms with E-state index in [1.54, 1.807) is 5.57 Å². The van der Waals surface area contributed by atoms with Gasteiger partial charge in [-0.2, -0.15) is 0 Å². The summed E-state index contributed by atoms with van der Waals surface area (Å²) in [7, 11) is 0. The van der Waals surface area contributed by atoms with Crippen molar-refractivity contribution in [2.45, 2.75) is 65.2 Å². The minimum Gasteiger partial charge on any atom is -0.299 e. The number of rotatable bonds is 0. The number of hydrogen-bond acceptors (Lipinski definition) is 1. The van der Waals surface area contributed by atoms with Crippen molar-refractivity contribution in [1.29, 1.82) is 0 Å². The molecule has 6 atom stereocenters.